The number of benzene rings is 2. The molecule has 1 amide bonds. The average molecular weight is 425 g/mol. The number of pyridine rings is 1. The first-order chi connectivity index (χ1) is 15.5. The Morgan fingerprint density at radius 3 is 2.56 bits per heavy atom. The summed E-state index contributed by atoms with van der Waals surface area (Å²) < 4.78 is 1.76. The number of carbonyl (C=O) groups excluding carboxylic acids is 1. The standard InChI is InChI=1S/C25H24N6O/c1-17(27)15-28-21-7-5-19(6-8-21)23-16-29-31-12-11-20(13-24(23)31)25(32)30(2)22-9-3-18(14-26)4-10-22/h3-13,16-17,28H,15,27H2,1-2H3/t17-/m0/s1. The number of rotatable bonds is 6. The lowest BCUT2D eigenvalue weighted by atomic mass is 10.1. The average Bonchev–Trinajstić information content (AvgIpc) is 3.25. The van der Waals surface area contributed by atoms with Crippen LogP contribution in [-0.4, -0.2) is 35.2 Å². The first-order valence-electron chi connectivity index (χ1n) is 10.3. The maximum atomic E-state index is 13.1. The van der Waals surface area contributed by atoms with Gasteiger partial charge in [0.25, 0.3) is 5.91 Å². The highest BCUT2D eigenvalue weighted by atomic mass is 16.2. The third-order valence-electron chi connectivity index (χ3n) is 5.28. The molecule has 1 atom stereocenters. The van der Waals surface area contributed by atoms with Crippen LogP contribution in [0.2, 0.25) is 0 Å². The van der Waals surface area contributed by atoms with Crippen molar-refractivity contribution in [3.8, 4) is 17.2 Å². The predicted molar refractivity (Wildman–Crippen MR) is 127 cm³/mol. The number of carbonyl (C=O) groups is 1. The fourth-order valence-corrected chi connectivity index (χ4v) is 3.45. The molecule has 2 aromatic carbocycles. The predicted octanol–water partition coefficient (Wildman–Crippen LogP) is 3.91. The Balaban J connectivity index is 1.61. The molecule has 0 unspecified atom stereocenters. The largest absolute Gasteiger partial charge is 0.383 e. The van der Waals surface area contributed by atoms with Gasteiger partial charge in [0.15, 0.2) is 0 Å². The van der Waals surface area contributed by atoms with Crippen LogP contribution in [0.4, 0.5) is 11.4 Å². The number of aromatic nitrogens is 2. The number of nitriles is 1. The highest BCUT2D eigenvalue weighted by Gasteiger charge is 2.16. The van der Waals surface area contributed by atoms with Gasteiger partial charge in [-0.3, -0.25) is 4.79 Å². The van der Waals surface area contributed by atoms with Gasteiger partial charge in [0, 0.05) is 48.3 Å². The van der Waals surface area contributed by atoms with Crippen molar-refractivity contribution in [3.05, 3.63) is 84.2 Å². The highest BCUT2D eigenvalue weighted by Crippen LogP contribution is 2.27. The van der Waals surface area contributed by atoms with Crippen LogP contribution in [-0.2, 0) is 0 Å². The molecule has 0 fully saturated rings. The van der Waals surface area contributed by atoms with Crippen molar-refractivity contribution >= 4 is 22.8 Å². The van der Waals surface area contributed by atoms with E-state index in [0.29, 0.717) is 17.7 Å². The molecule has 7 nitrogen and oxygen atoms in total. The van der Waals surface area contributed by atoms with Crippen molar-refractivity contribution in [2.75, 3.05) is 23.8 Å². The summed E-state index contributed by atoms with van der Waals surface area (Å²) in [6, 6.07) is 20.8. The van der Waals surface area contributed by atoms with Gasteiger partial charge in [-0.2, -0.15) is 10.4 Å². The Hall–Kier alpha value is -4.15. The maximum Gasteiger partial charge on any atom is 0.258 e. The lowest BCUT2D eigenvalue weighted by Crippen LogP contribution is -2.26. The second kappa shape index (κ2) is 8.92. The summed E-state index contributed by atoms with van der Waals surface area (Å²) in [6.45, 7) is 2.66. The number of amides is 1. The summed E-state index contributed by atoms with van der Waals surface area (Å²) in [5, 5.41) is 16.7. The monoisotopic (exact) mass is 424 g/mol. The SMILES string of the molecule is C[C@H](N)CNc1ccc(-c2cnn3ccc(C(=O)N(C)c4ccc(C#N)cc4)cc23)cc1. The summed E-state index contributed by atoms with van der Waals surface area (Å²) in [5.41, 5.74) is 11.4. The number of nitrogens with zero attached hydrogens (tertiary/aromatic N) is 4. The van der Waals surface area contributed by atoms with Gasteiger partial charge < -0.3 is 16.0 Å². The summed E-state index contributed by atoms with van der Waals surface area (Å²) >= 11 is 0. The minimum absolute atomic E-state index is 0.0765. The molecule has 3 N–H and O–H groups in total. The first kappa shape index (κ1) is 21.1. The normalized spacial score (nSPS) is 11.7. The second-order valence-electron chi connectivity index (χ2n) is 7.76. The minimum Gasteiger partial charge on any atom is -0.383 e. The second-order valence-corrected chi connectivity index (χ2v) is 7.76. The zero-order valence-corrected chi connectivity index (χ0v) is 18.0. The molecule has 0 aliphatic heterocycles. The van der Waals surface area contributed by atoms with Crippen molar-refractivity contribution in [1.29, 1.82) is 5.26 Å². The van der Waals surface area contributed by atoms with Crippen molar-refractivity contribution in [2.45, 2.75) is 13.0 Å². The van der Waals surface area contributed by atoms with Gasteiger partial charge in [0.2, 0.25) is 0 Å². The van der Waals surface area contributed by atoms with E-state index in [-0.39, 0.29) is 11.9 Å². The van der Waals surface area contributed by atoms with Crippen molar-refractivity contribution in [3.63, 3.8) is 0 Å². The van der Waals surface area contributed by atoms with E-state index in [2.05, 4.69) is 16.5 Å². The van der Waals surface area contributed by atoms with Crippen LogP contribution >= 0.6 is 0 Å². The van der Waals surface area contributed by atoms with E-state index >= 15 is 0 Å². The van der Waals surface area contributed by atoms with Gasteiger partial charge in [-0.1, -0.05) is 12.1 Å². The van der Waals surface area contributed by atoms with Gasteiger partial charge in [-0.15, -0.1) is 0 Å². The molecule has 0 saturated heterocycles. The molecule has 0 aliphatic rings. The molecule has 4 aromatic rings. The van der Waals surface area contributed by atoms with E-state index in [1.54, 1.807) is 59.2 Å². The third-order valence-corrected chi connectivity index (χ3v) is 5.28. The molecular formula is C25H24N6O. The Morgan fingerprint density at radius 2 is 1.91 bits per heavy atom. The molecule has 0 bridgehead atoms. The Labute approximate surface area is 186 Å². The fourth-order valence-electron chi connectivity index (χ4n) is 3.45. The van der Waals surface area contributed by atoms with E-state index in [0.717, 1.165) is 28.0 Å². The lowest BCUT2D eigenvalue weighted by molar-refractivity contribution is 0.0993. The molecular weight excluding hydrogens is 400 g/mol. The first-order valence-corrected chi connectivity index (χ1v) is 10.3. The summed E-state index contributed by atoms with van der Waals surface area (Å²) in [4.78, 5) is 14.7. The number of nitrogens with one attached hydrogen (secondary N) is 1. The minimum atomic E-state index is -0.139. The van der Waals surface area contributed by atoms with Gasteiger partial charge in [0.1, 0.15) is 0 Å². The number of fused-ring (bicyclic) bond motifs is 1. The molecule has 160 valence electrons. The Bertz CT molecular complexity index is 1280. The van der Waals surface area contributed by atoms with E-state index < -0.39 is 0 Å². The van der Waals surface area contributed by atoms with Gasteiger partial charge in [-0.05, 0) is 61.0 Å². The molecule has 4 rings (SSSR count). The van der Waals surface area contributed by atoms with Gasteiger partial charge in [0.05, 0.1) is 23.3 Å². The van der Waals surface area contributed by atoms with Crippen molar-refractivity contribution < 1.29 is 4.79 Å². The van der Waals surface area contributed by atoms with E-state index in [1.807, 2.05) is 37.3 Å². The quantitative estimate of drug-likeness (QED) is 0.489. The third kappa shape index (κ3) is 4.31. The van der Waals surface area contributed by atoms with Crippen molar-refractivity contribution in [1.82, 2.24) is 9.61 Å². The zero-order valence-electron chi connectivity index (χ0n) is 18.0. The van der Waals surface area contributed by atoms with Gasteiger partial charge in [-0.25, -0.2) is 4.52 Å². The summed E-state index contributed by atoms with van der Waals surface area (Å²) in [5.74, 6) is -0.139. The smallest absolute Gasteiger partial charge is 0.258 e. The molecule has 2 heterocycles. The van der Waals surface area contributed by atoms with E-state index in [4.69, 9.17) is 11.0 Å². The van der Waals surface area contributed by atoms with Crippen LogP contribution < -0.4 is 16.0 Å². The molecule has 32 heavy (non-hydrogen) atoms. The van der Waals surface area contributed by atoms with Crippen LogP contribution in [0.1, 0.15) is 22.8 Å². The number of nitrogens with two attached hydrogens (primary N) is 1. The topological polar surface area (TPSA) is 99.4 Å². The summed E-state index contributed by atoms with van der Waals surface area (Å²) in [6.07, 6.45) is 3.59. The van der Waals surface area contributed by atoms with Crippen LogP contribution in [0, 0.1) is 11.3 Å². The molecule has 0 spiro atoms. The number of hydrogen-bond donors (Lipinski definition) is 2. The van der Waals surface area contributed by atoms with Crippen molar-refractivity contribution in [2.24, 2.45) is 5.73 Å². The highest BCUT2D eigenvalue weighted by molar-refractivity contribution is 6.06. The fraction of sp³-hybridized carbons (Fsp3) is 0.160. The Kier molecular flexibility index (Phi) is 5.88. The summed E-state index contributed by atoms with van der Waals surface area (Å²) in [7, 11) is 1.72. The Morgan fingerprint density at radius 1 is 1.19 bits per heavy atom. The molecule has 2 aromatic heterocycles. The van der Waals surface area contributed by atoms with E-state index in [9.17, 15) is 4.79 Å². The van der Waals surface area contributed by atoms with Crippen LogP contribution in [0.5, 0.6) is 0 Å². The van der Waals surface area contributed by atoms with Crippen LogP contribution in [0.25, 0.3) is 16.6 Å². The van der Waals surface area contributed by atoms with Gasteiger partial charge >= 0.3 is 0 Å². The molecule has 0 saturated carbocycles. The lowest BCUT2D eigenvalue weighted by Gasteiger charge is -2.17. The van der Waals surface area contributed by atoms with Crippen LogP contribution in [0.3, 0.4) is 0 Å². The number of anilines is 2. The maximum absolute atomic E-state index is 13.1. The van der Waals surface area contributed by atoms with E-state index in [1.165, 1.54) is 0 Å². The number of hydrogen-bond acceptors (Lipinski definition) is 5. The molecule has 0 radical (unpaired) electrons. The van der Waals surface area contributed by atoms with Crippen LogP contribution in [0.15, 0.2) is 73.1 Å². The molecule has 7 heteroatoms. The molecule has 0 aliphatic carbocycles. The zero-order chi connectivity index (χ0) is 22.7.